The summed E-state index contributed by atoms with van der Waals surface area (Å²) in [5.74, 6) is 0.126. The molecule has 25 heavy (non-hydrogen) atoms. The van der Waals surface area contributed by atoms with E-state index in [-0.39, 0.29) is 29.6 Å². The predicted molar refractivity (Wildman–Crippen MR) is 108 cm³/mol. The van der Waals surface area contributed by atoms with Crippen LogP contribution in [0.15, 0.2) is 53.4 Å². The summed E-state index contributed by atoms with van der Waals surface area (Å²) >= 11 is 1.64. The van der Waals surface area contributed by atoms with Gasteiger partial charge in [-0.3, -0.25) is 4.79 Å². The van der Waals surface area contributed by atoms with Crippen molar-refractivity contribution in [3.8, 4) is 0 Å². The molecular weight excluding hydrogens is 352 g/mol. The number of hydrogen-bond acceptors (Lipinski definition) is 3. The van der Waals surface area contributed by atoms with Crippen molar-refractivity contribution < 1.29 is 4.79 Å². The maximum Gasteiger partial charge on any atom is 0.233 e. The lowest BCUT2D eigenvalue weighted by atomic mass is 9.87. The van der Waals surface area contributed by atoms with E-state index in [9.17, 15) is 4.79 Å². The SMILES string of the molecule is CCC(Sc1ccccc1)C(=O)NC1CCCc2cc(N)ccc21.Cl. The molecule has 2 atom stereocenters. The number of nitrogens with two attached hydrogens (primary N) is 1. The number of anilines is 1. The predicted octanol–water partition coefficient (Wildman–Crippen LogP) is 4.76. The van der Waals surface area contributed by atoms with Gasteiger partial charge in [0.05, 0.1) is 11.3 Å². The van der Waals surface area contributed by atoms with E-state index in [4.69, 9.17) is 5.73 Å². The Morgan fingerprint density at radius 3 is 2.76 bits per heavy atom. The average molecular weight is 377 g/mol. The topological polar surface area (TPSA) is 55.1 Å². The van der Waals surface area contributed by atoms with Crippen molar-refractivity contribution in [3.05, 3.63) is 59.7 Å². The Morgan fingerprint density at radius 1 is 1.28 bits per heavy atom. The molecule has 0 spiro atoms. The lowest BCUT2D eigenvalue weighted by Crippen LogP contribution is -2.36. The zero-order chi connectivity index (χ0) is 16.9. The molecule has 2 aromatic carbocycles. The number of nitrogens with one attached hydrogen (secondary N) is 1. The second-order valence-corrected chi connectivity index (χ2v) is 7.52. The molecule has 134 valence electrons. The molecule has 3 rings (SSSR count). The first kappa shape index (κ1) is 19.7. The first-order valence-electron chi connectivity index (χ1n) is 8.57. The van der Waals surface area contributed by atoms with Crippen molar-refractivity contribution in [2.75, 3.05) is 5.73 Å². The van der Waals surface area contributed by atoms with E-state index >= 15 is 0 Å². The summed E-state index contributed by atoms with van der Waals surface area (Å²) in [6.07, 6.45) is 3.94. The number of thioether (sulfide) groups is 1. The lowest BCUT2D eigenvalue weighted by Gasteiger charge is -2.28. The van der Waals surface area contributed by atoms with Gasteiger partial charge in [-0.1, -0.05) is 31.2 Å². The number of fused-ring (bicyclic) bond motifs is 1. The molecule has 0 aliphatic heterocycles. The first-order valence-corrected chi connectivity index (χ1v) is 9.45. The summed E-state index contributed by atoms with van der Waals surface area (Å²) in [5, 5.41) is 3.20. The molecule has 0 aromatic heterocycles. The lowest BCUT2D eigenvalue weighted by molar-refractivity contribution is -0.121. The van der Waals surface area contributed by atoms with Crippen LogP contribution in [-0.2, 0) is 11.2 Å². The fraction of sp³-hybridized carbons (Fsp3) is 0.350. The van der Waals surface area contributed by atoms with Gasteiger partial charge in [0.2, 0.25) is 5.91 Å². The molecular formula is C20H25ClN2OS. The smallest absolute Gasteiger partial charge is 0.233 e. The number of halogens is 1. The van der Waals surface area contributed by atoms with E-state index < -0.39 is 0 Å². The van der Waals surface area contributed by atoms with Gasteiger partial charge in [-0.05, 0) is 61.1 Å². The maximum absolute atomic E-state index is 12.8. The fourth-order valence-corrected chi connectivity index (χ4v) is 4.22. The minimum absolute atomic E-state index is 0. The van der Waals surface area contributed by atoms with Crippen LogP contribution in [0.5, 0.6) is 0 Å². The highest BCUT2D eigenvalue weighted by molar-refractivity contribution is 8.00. The van der Waals surface area contributed by atoms with E-state index in [0.717, 1.165) is 36.3 Å². The van der Waals surface area contributed by atoms with Crippen LogP contribution < -0.4 is 11.1 Å². The van der Waals surface area contributed by atoms with Crippen molar-refractivity contribution >= 4 is 35.8 Å². The summed E-state index contributed by atoms with van der Waals surface area (Å²) in [4.78, 5) is 13.9. The Labute approximate surface area is 160 Å². The first-order chi connectivity index (χ1) is 11.7. The molecule has 3 N–H and O–H groups in total. The Balaban J connectivity index is 0.00000225. The van der Waals surface area contributed by atoms with Gasteiger partial charge in [0.1, 0.15) is 0 Å². The van der Waals surface area contributed by atoms with Gasteiger partial charge < -0.3 is 11.1 Å². The molecule has 1 amide bonds. The zero-order valence-electron chi connectivity index (χ0n) is 14.4. The Morgan fingerprint density at radius 2 is 2.04 bits per heavy atom. The van der Waals surface area contributed by atoms with E-state index in [1.807, 2.05) is 30.3 Å². The van der Waals surface area contributed by atoms with Gasteiger partial charge in [0.25, 0.3) is 0 Å². The van der Waals surface area contributed by atoms with Crippen LogP contribution in [0.3, 0.4) is 0 Å². The highest BCUT2D eigenvalue weighted by Gasteiger charge is 2.25. The van der Waals surface area contributed by atoms with Crippen LogP contribution in [0, 0.1) is 0 Å². The minimum atomic E-state index is -0.0634. The zero-order valence-corrected chi connectivity index (χ0v) is 16.0. The number of carbonyl (C=O) groups excluding carboxylic acids is 1. The number of carbonyl (C=O) groups is 1. The number of hydrogen-bond donors (Lipinski definition) is 2. The summed E-state index contributed by atoms with van der Waals surface area (Å²) < 4.78 is 0. The Hall–Kier alpha value is -1.65. The molecule has 0 saturated carbocycles. The largest absolute Gasteiger partial charge is 0.399 e. The fourth-order valence-electron chi connectivity index (χ4n) is 3.23. The van der Waals surface area contributed by atoms with Gasteiger partial charge in [-0.15, -0.1) is 24.2 Å². The normalized spacial score (nSPS) is 17.1. The molecule has 0 fully saturated rings. The van der Waals surface area contributed by atoms with E-state index in [2.05, 4.69) is 30.4 Å². The van der Waals surface area contributed by atoms with Crippen molar-refractivity contribution in [2.24, 2.45) is 0 Å². The number of rotatable bonds is 5. The van der Waals surface area contributed by atoms with Crippen molar-refractivity contribution in [2.45, 2.75) is 48.8 Å². The van der Waals surface area contributed by atoms with Crippen LogP contribution in [-0.4, -0.2) is 11.2 Å². The van der Waals surface area contributed by atoms with Gasteiger partial charge in [0.15, 0.2) is 0 Å². The van der Waals surface area contributed by atoms with Crippen LogP contribution in [0.4, 0.5) is 5.69 Å². The average Bonchev–Trinajstić information content (AvgIpc) is 2.60. The third-order valence-corrected chi connectivity index (χ3v) is 5.86. The van der Waals surface area contributed by atoms with Crippen molar-refractivity contribution in [1.29, 1.82) is 0 Å². The van der Waals surface area contributed by atoms with Crippen molar-refractivity contribution in [3.63, 3.8) is 0 Å². The Bertz CT molecular complexity index is 708. The molecule has 0 heterocycles. The minimum Gasteiger partial charge on any atom is -0.399 e. The maximum atomic E-state index is 12.8. The molecule has 1 aliphatic carbocycles. The number of aryl methyl sites for hydroxylation is 1. The molecule has 2 aromatic rings. The Kier molecular flexibility index (Phi) is 7.21. The summed E-state index contributed by atoms with van der Waals surface area (Å²) in [6, 6.07) is 16.3. The molecule has 0 bridgehead atoms. The van der Waals surface area contributed by atoms with Crippen LogP contribution >= 0.6 is 24.2 Å². The third kappa shape index (κ3) is 4.93. The van der Waals surface area contributed by atoms with E-state index in [1.54, 1.807) is 11.8 Å². The van der Waals surface area contributed by atoms with Gasteiger partial charge in [-0.25, -0.2) is 0 Å². The van der Waals surface area contributed by atoms with Gasteiger partial charge in [-0.2, -0.15) is 0 Å². The second kappa shape index (κ2) is 9.16. The molecule has 0 radical (unpaired) electrons. The number of benzene rings is 2. The van der Waals surface area contributed by atoms with Crippen LogP contribution in [0.1, 0.15) is 43.4 Å². The van der Waals surface area contributed by atoms with Crippen LogP contribution in [0.2, 0.25) is 0 Å². The number of amides is 1. The molecule has 1 aliphatic rings. The molecule has 0 saturated heterocycles. The monoisotopic (exact) mass is 376 g/mol. The quantitative estimate of drug-likeness (QED) is 0.584. The summed E-state index contributed by atoms with van der Waals surface area (Å²) in [5.41, 5.74) is 9.19. The third-order valence-electron chi connectivity index (χ3n) is 4.48. The van der Waals surface area contributed by atoms with Gasteiger partial charge in [0, 0.05) is 10.6 Å². The second-order valence-electron chi connectivity index (χ2n) is 6.24. The van der Waals surface area contributed by atoms with E-state index in [1.165, 1.54) is 11.1 Å². The van der Waals surface area contributed by atoms with E-state index in [0.29, 0.717) is 0 Å². The number of nitrogen functional groups attached to an aromatic ring is 1. The summed E-state index contributed by atoms with van der Waals surface area (Å²) in [7, 11) is 0. The highest BCUT2D eigenvalue weighted by Crippen LogP contribution is 2.32. The molecule has 3 nitrogen and oxygen atoms in total. The van der Waals surface area contributed by atoms with Gasteiger partial charge >= 0.3 is 0 Å². The van der Waals surface area contributed by atoms with Crippen molar-refractivity contribution in [1.82, 2.24) is 5.32 Å². The van der Waals surface area contributed by atoms with Crippen LogP contribution in [0.25, 0.3) is 0 Å². The molecule has 5 heteroatoms. The highest BCUT2D eigenvalue weighted by atomic mass is 35.5. The molecule has 2 unspecified atom stereocenters. The standard InChI is InChI=1S/C20H24N2OS.ClH/c1-2-19(24-16-8-4-3-5-9-16)20(23)22-18-10-6-7-14-13-15(21)11-12-17(14)18;/h3-5,8-9,11-13,18-19H,2,6-7,10,21H2,1H3,(H,22,23);1H. The summed E-state index contributed by atoms with van der Waals surface area (Å²) in [6.45, 7) is 2.07.